The first kappa shape index (κ1) is 24.2. The molecular formula is C27H27N3O4S. The molecule has 1 aliphatic rings. The van der Waals surface area contributed by atoms with Gasteiger partial charge in [-0.1, -0.05) is 12.1 Å². The lowest BCUT2D eigenvalue weighted by molar-refractivity contribution is -0.122. The normalized spacial score (nSPS) is 15.0. The summed E-state index contributed by atoms with van der Waals surface area (Å²) in [6.07, 6.45) is 1.62. The van der Waals surface area contributed by atoms with Gasteiger partial charge in [-0.15, -0.1) is 0 Å². The fourth-order valence-corrected chi connectivity index (χ4v) is 4.56. The number of rotatable bonds is 5. The number of aromatic nitrogens is 1. The third-order valence-electron chi connectivity index (χ3n) is 6.32. The number of nitrogens with zero attached hydrogens (tertiary/aromatic N) is 2. The summed E-state index contributed by atoms with van der Waals surface area (Å²) in [5.74, 6) is -0.109. The molecule has 0 atom stereocenters. The van der Waals surface area contributed by atoms with Gasteiger partial charge in [0.2, 0.25) is 0 Å². The van der Waals surface area contributed by atoms with Crippen LogP contribution in [-0.2, 0) is 9.59 Å². The molecule has 8 heteroatoms. The number of carbonyl (C=O) groups is 2. The Hall–Kier alpha value is -3.91. The van der Waals surface area contributed by atoms with Crippen molar-refractivity contribution in [3.05, 3.63) is 76.1 Å². The predicted molar refractivity (Wildman–Crippen MR) is 140 cm³/mol. The van der Waals surface area contributed by atoms with E-state index in [1.807, 2.05) is 26.0 Å². The van der Waals surface area contributed by atoms with Gasteiger partial charge >= 0.3 is 0 Å². The number of amides is 2. The van der Waals surface area contributed by atoms with E-state index in [-0.39, 0.29) is 10.7 Å². The Morgan fingerprint density at radius 3 is 2.37 bits per heavy atom. The van der Waals surface area contributed by atoms with Gasteiger partial charge in [0.15, 0.2) is 5.11 Å². The zero-order valence-corrected chi connectivity index (χ0v) is 21.4. The van der Waals surface area contributed by atoms with Crippen LogP contribution in [0.3, 0.4) is 0 Å². The van der Waals surface area contributed by atoms with Crippen molar-refractivity contribution in [2.75, 3.05) is 19.1 Å². The van der Waals surface area contributed by atoms with Crippen LogP contribution in [0.1, 0.15) is 28.1 Å². The third kappa shape index (κ3) is 4.21. The van der Waals surface area contributed by atoms with Crippen LogP contribution in [0.25, 0.3) is 11.8 Å². The summed E-state index contributed by atoms with van der Waals surface area (Å²) in [5.41, 5.74) is 6.51. The van der Waals surface area contributed by atoms with E-state index in [1.54, 1.807) is 31.4 Å². The molecule has 0 saturated carbocycles. The Balaban J connectivity index is 1.80. The van der Waals surface area contributed by atoms with Crippen LogP contribution in [0.15, 0.2) is 48.0 Å². The Morgan fingerprint density at radius 2 is 1.69 bits per heavy atom. The molecule has 4 rings (SSSR count). The van der Waals surface area contributed by atoms with Gasteiger partial charge in [0.1, 0.15) is 17.1 Å². The highest BCUT2D eigenvalue weighted by Gasteiger charge is 2.36. The lowest BCUT2D eigenvalue weighted by atomic mass is 10.1. The molecule has 1 fully saturated rings. The van der Waals surface area contributed by atoms with Crippen molar-refractivity contribution < 1.29 is 19.1 Å². The topological polar surface area (TPSA) is 72.8 Å². The first-order valence-corrected chi connectivity index (χ1v) is 11.5. The van der Waals surface area contributed by atoms with E-state index in [9.17, 15) is 9.59 Å². The third-order valence-corrected chi connectivity index (χ3v) is 6.60. The molecule has 0 spiro atoms. The lowest BCUT2D eigenvalue weighted by Gasteiger charge is -2.30. The molecule has 7 nitrogen and oxygen atoms in total. The van der Waals surface area contributed by atoms with Crippen molar-refractivity contribution in [2.45, 2.75) is 27.7 Å². The second-order valence-electron chi connectivity index (χ2n) is 8.38. The second kappa shape index (κ2) is 9.38. The van der Waals surface area contributed by atoms with Crippen LogP contribution >= 0.6 is 12.2 Å². The zero-order valence-electron chi connectivity index (χ0n) is 20.6. The van der Waals surface area contributed by atoms with Crippen LogP contribution < -0.4 is 19.7 Å². The van der Waals surface area contributed by atoms with Crippen molar-refractivity contribution in [3.63, 3.8) is 0 Å². The molecule has 1 aliphatic heterocycles. The minimum Gasteiger partial charge on any atom is -0.497 e. The van der Waals surface area contributed by atoms with E-state index in [0.29, 0.717) is 17.2 Å². The average molecular weight is 490 g/mol. The fraction of sp³-hybridized carbons (Fsp3) is 0.222. The molecule has 2 amide bonds. The summed E-state index contributed by atoms with van der Waals surface area (Å²) < 4.78 is 12.8. The van der Waals surface area contributed by atoms with Crippen LogP contribution in [-0.4, -0.2) is 35.7 Å². The molecule has 35 heavy (non-hydrogen) atoms. The fourth-order valence-electron chi connectivity index (χ4n) is 4.28. The Labute approximate surface area is 210 Å². The van der Waals surface area contributed by atoms with E-state index < -0.39 is 11.8 Å². The van der Waals surface area contributed by atoms with Gasteiger partial charge in [-0.2, -0.15) is 0 Å². The number of methoxy groups -OCH3 is 2. The molecule has 0 aliphatic carbocycles. The zero-order chi connectivity index (χ0) is 25.4. The largest absolute Gasteiger partial charge is 0.497 e. The minimum absolute atomic E-state index is 0.0125. The van der Waals surface area contributed by atoms with Crippen molar-refractivity contribution >= 4 is 40.9 Å². The monoisotopic (exact) mass is 489 g/mol. The number of hydrogen-bond acceptors (Lipinski definition) is 5. The molecule has 1 N–H and O–H groups in total. The number of nitrogens with one attached hydrogen (secondary N) is 1. The summed E-state index contributed by atoms with van der Waals surface area (Å²) in [5, 5.41) is 2.62. The van der Waals surface area contributed by atoms with E-state index in [2.05, 4.69) is 35.9 Å². The highest BCUT2D eigenvalue weighted by Crippen LogP contribution is 2.35. The molecule has 0 bridgehead atoms. The van der Waals surface area contributed by atoms with Crippen LogP contribution in [0.4, 0.5) is 5.69 Å². The summed E-state index contributed by atoms with van der Waals surface area (Å²) in [7, 11) is 3.04. The number of aryl methyl sites for hydroxylation is 2. The first-order chi connectivity index (χ1) is 16.7. The summed E-state index contributed by atoms with van der Waals surface area (Å²) in [6.45, 7) is 8.14. The van der Waals surface area contributed by atoms with Crippen molar-refractivity contribution in [1.29, 1.82) is 0 Å². The average Bonchev–Trinajstić information content (AvgIpc) is 3.11. The molecular weight excluding hydrogens is 462 g/mol. The molecule has 2 aromatic carbocycles. The maximum Gasteiger partial charge on any atom is 0.270 e. The smallest absolute Gasteiger partial charge is 0.270 e. The van der Waals surface area contributed by atoms with Gasteiger partial charge < -0.3 is 14.0 Å². The standard InChI is InChI=1S/C27H27N3O4S/c1-15-8-7-9-22(17(15)3)29-16(2)12-19(18(29)4)13-21-25(31)28-27(35)30(26(21)32)23-11-10-20(33-5)14-24(23)34-6/h7-14H,1-6H3,(H,28,31,35)/b21-13+. The van der Waals surface area contributed by atoms with E-state index in [4.69, 9.17) is 21.7 Å². The van der Waals surface area contributed by atoms with Gasteiger partial charge in [-0.3, -0.25) is 14.9 Å². The second-order valence-corrected chi connectivity index (χ2v) is 8.76. The number of ether oxygens (including phenoxy) is 2. The number of thiocarbonyl (C=S) groups is 1. The summed E-state index contributed by atoms with van der Waals surface area (Å²) >= 11 is 5.35. The summed E-state index contributed by atoms with van der Waals surface area (Å²) in [4.78, 5) is 27.7. The van der Waals surface area contributed by atoms with Gasteiger partial charge in [0, 0.05) is 23.1 Å². The van der Waals surface area contributed by atoms with E-state index in [0.717, 1.165) is 22.6 Å². The first-order valence-electron chi connectivity index (χ1n) is 11.1. The van der Waals surface area contributed by atoms with E-state index in [1.165, 1.54) is 23.1 Å². The van der Waals surface area contributed by atoms with Crippen LogP contribution in [0.2, 0.25) is 0 Å². The van der Waals surface area contributed by atoms with Gasteiger partial charge in [0.05, 0.1) is 19.9 Å². The molecule has 1 aromatic heterocycles. The lowest BCUT2D eigenvalue weighted by Crippen LogP contribution is -2.54. The van der Waals surface area contributed by atoms with Gasteiger partial charge in [-0.05, 0) is 86.9 Å². The Morgan fingerprint density at radius 1 is 0.943 bits per heavy atom. The Bertz CT molecular complexity index is 1400. The number of hydrogen-bond donors (Lipinski definition) is 1. The molecule has 0 unspecified atom stereocenters. The van der Waals surface area contributed by atoms with Crippen molar-refractivity contribution in [1.82, 2.24) is 9.88 Å². The van der Waals surface area contributed by atoms with Crippen LogP contribution in [0.5, 0.6) is 11.5 Å². The van der Waals surface area contributed by atoms with Crippen molar-refractivity contribution in [2.24, 2.45) is 0 Å². The Kier molecular flexibility index (Phi) is 6.49. The quantitative estimate of drug-likeness (QED) is 0.323. The maximum atomic E-state index is 13.6. The van der Waals surface area contributed by atoms with Crippen LogP contribution in [0, 0.1) is 27.7 Å². The number of carbonyl (C=O) groups excluding carboxylic acids is 2. The molecule has 2 heterocycles. The number of benzene rings is 2. The van der Waals surface area contributed by atoms with E-state index >= 15 is 0 Å². The van der Waals surface area contributed by atoms with Gasteiger partial charge in [-0.25, -0.2) is 4.90 Å². The molecule has 0 radical (unpaired) electrons. The molecule has 180 valence electrons. The maximum absolute atomic E-state index is 13.6. The molecule has 1 saturated heterocycles. The van der Waals surface area contributed by atoms with Gasteiger partial charge in [0.25, 0.3) is 11.8 Å². The summed E-state index contributed by atoms with van der Waals surface area (Å²) in [6, 6.07) is 13.2. The van der Waals surface area contributed by atoms with Crippen molar-refractivity contribution in [3.8, 4) is 17.2 Å². The number of anilines is 1. The molecule has 3 aromatic rings. The minimum atomic E-state index is -0.541. The SMILES string of the molecule is COc1ccc(N2C(=O)/C(=C/c3cc(C)n(-c4cccc(C)c4C)c3C)C(=O)NC2=S)c(OC)c1. The highest BCUT2D eigenvalue weighted by molar-refractivity contribution is 7.80. The highest BCUT2D eigenvalue weighted by atomic mass is 32.1. The predicted octanol–water partition coefficient (Wildman–Crippen LogP) is 4.56.